The van der Waals surface area contributed by atoms with Gasteiger partial charge in [-0.25, -0.2) is 9.79 Å². The minimum Gasteiger partial charge on any atom is -0.508 e. The molecule has 4 nitrogen and oxygen atoms in total. The van der Waals surface area contributed by atoms with Gasteiger partial charge in [-0.05, 0) is 24.1 Å². The van der Waals surface area contributed by atoms with Gasteiger partial charge in [0.25, 0.3) is 0 Å². The lowest BCUT2D eigenvalue weighted by atomic mass is 10.1. The van der Waals surface area contributed by atoms with Gasteiger partial charge in [-0.1, -0.05) is 12.1 Å². The maximum absolute atomic E-state index is 9.72. The zero-order valence-corrected chi connectivity index (χ0v) is 7.03. The molecule has 0 aromatic heterocycles. The van der Waals surface area contributed by atoms with Gasteiger partial charge in [-0.2, -0.15) is 0 Å². The predicted octanol–water partition coefficient (Wildman–Crippen LogP) is 0.446. The van der Waals surface area contributed by atoms with Crippen molar-refractivity contribution in [1.29, 1.82) is 0 Å². The zero-order valence-electron chi connectivity index (χ0n) is 7.03. The van der Waals surface area contributed by atoms with Gasteiger partial charge in [-0.3, -0.25) is 0 Å². The summed E-state index contributed by atoms with van der Waals surface area (Å²) in [4.78, 5) is 13.1. The molecule has 0 fully saturated rings. The molecular weight excluding hydrogens is 170 g/mol. The monoisotopic (exact) mass is 181 g/mol. The molecule has 0 saturated heterocycles. The van der Waals surface area contributed by atoms with E-state index in [0.717, 1.165) is 5.56 Å². The molecule has 1 rings (SSSR count). The summed E-state index contributed by atoms with van der Waals surface area (Å²) in [5, 5.41) is 8.94. The molecule has 0 heterocycles. The smallest absolute Gasteiger partial charge is 0.234 e. The lowest BCUT2D eigenvalue weighted by Gasteiger charge is -1.96. The molecule has 0 radical (unpaired) electrons. The zero-order chi connectivity index (χ0) is 8.81. The van der Waals surface area contributed by atoms with Gasteiger partial charge < -0.3 is 10.6 Å². The SMILES string of the molecule is O.O=C=NCCc1ccc(O)cc1. The average Bonchev–Trinajstić information content (AvgIpc) is 2.09. The molecule has 1 aromatic carbocycles. The first-order valence-electron chi connectivity index (χ1n) is 3.64. The second-order valence-electron chi connectivity index (χ2n) is 2.39. The van der Waals surface area contributed by atoms with E-state index in [2.05, 4.69) is 4.99 Å². The lowest BCUT2D eigenvalue weighted by Crippen LogP contribution is -1.87. The van der Waals surface area contributed by atoms with Crippen LogP contribution >= 0.6 is 0 Å². The average molecular weight is 181 g/mol. The molecule has 4 heteroatoms. The summed E-state index contributed by atoms with van der Waals surface area (Å²) in [7, 11) is 0. The van der Waals surface area contributed by atoms with Crippen molar-refractivity contribution in [3.63, 3.8) is 0 Å². The topological polar surface area (TPSA) is 81.2 Å². The summed E-state index contributed by atoms with van der Waals surface area (Å²) in [6.07, 6.45) is 2.18. The van der Waals surface area contributed by atoms with Crippen molar-refractivity contribution < 1.29 is 15.4 Å². The third-order valence-electron chi connectivity index (χ3n) is 1.51. The van der Waals surface area contributed by atoms with Crippen LogP contribution in [-0.4, -0.2) is 23.2 Å². The molecule has 0 amide bonds. The Hall–Kier alpha value is -1.64. The van der Waals surface area contributed by atoms with Crippen molar-refractivity contribution >= 4 is 6.08 Å². The van der Waals surface area contributed by atoms with Gasteiger partial charge in [-0.15, -0.1) is 0 Å². The molecule has 0 unspecified atom stereocenters. The van der Waals surface area contributed by atoms with Gasteiger partial charge >= 0.3 is 0 Å². The quantitative estimate of drug-likeness (QED) is 0.542. The van der Waals surface area contributed by atoms with Crippen molar-refractivity contribution in [2.75, 3.05) is 6.54 Å². The molecule has 70 valence electrons. The summed E-state index contributed by atoms with van der Waals surface area (Å²) >= 11 is 0. The van der Waals surface area contributed by atoms with Crippen molar-refractivity contribution in [2.45, 2.75) is 6.42 Å². The van der Waals surface area contributed by atoms with Crippen molar-refractivity contribution in [3.05, 3.63) is 29.8 Å². The van der Waals surface area contributed by atoms with Crippen molar-refractivity contribution in [2.24, 2.45) is 4.99 Å². The van der Waals surface area contributed by atoms with E-state index in [4.69, 9.17) is 5.11 Å². The number of nitrogens with zero attached hydrogens (tertiary/aromatic N) is 1. The maximum atomic E-state index is 9.72. The van der Waals surface area contributed by atoms with Crippen LogP contribution in [0.4, 0.5) is 0 Å². The number of aromatic hydroxyl groups is 1. The van der Waals surface area contributed by atoms with Crippen molar-refractivity contribution in [3.8, 4) is 5.75 Å². The van der Waals surface area contributed by atoms with E-state index >= 15 is 0 Å². The van der Waals surface area contributed by atoms with Gasteiger partial charge in [0.05, 0.1) is 6.54 Å². The number of isocyanates is 1. The summed E-state index contributed by atoms with van der Waals surface area (Å²) < 4.78 is 0. The molecule has 0 atom stereocenters. The number of aliphatic imine (C=N–C) groups is 1. The third-order valence-corrected chi connectivity index (χ3v) is 1.51. The standard InChI is InChI=1S/C9H9NO2.H2O/c11-7-10-6-5-8-1-3-9(12)4-2-8;/h1-4,12H,5-6H2;1H2. The molecular formula is C9H11NO3. The van der Waals surface area contributed by atoms with Gasteiger partial charge in [0.2, 0.25) is 6.08 Å². The van der Waals surface area contributed by atoms with E-state index in [1.807, 2.05) is 0 Å². The molecule has 0 aliphatic heterocycles. The highest BCUT2D eigenvalue weighted by molar-refractivity contribution is 5.33. The Kier molecular flexibility index (Phi) is 5.19. The van der Waals surface area contributed by atoms with Gasteiger partial charge in [0.15, 0.2) is 0 Å². The van der Waals surface area contributed by atoms with E-state index in [1.54, 1.807) is 24.3 Å². The van der Waals surface area contributed by atoms with Gasteiger partial charge in [0, 0.05) is 0 Å². The normalized spacial score (nSPS) is 8.31. The molecule has 0 aliphatic carbocycles. The van der Waals surface area contributed by atoms with Crippen LogP contribution < -0.4 is 0 Å². The Labute approximate surface area is 75.9 Å². The lowest BCUT2D eigenvalue weighted by molar-refractivity contribution is 0.475. The summed E-state index contributed by atoms with van der Waals surface area (Å²) in [6, 6.07) is 6.82. The first kappa shape index (κ1) is 11.4. The predicted molar refractivity (Wildman–Crippen MR) is 48.4 cm³/mol. The molecule has 0 aliphatic rings. The van der Waals surface area contributed by atoms with Crippen LogP contribution in [0.2, 0.25) is 0 Å². The van der Waals surface area contributed by atoms with Gasteiger partial charge in [0.1, 0.15) is 5.75 Å². The number of phenols is 1. The first-order valence-corrected chi connectivity index (χ1v) is 3.64. The second kappa shape index (κ2) is 5.94. The number of rotatable bonds is 3. The number of hydrogen-bond acceptors (Lipinski definition) is 3. The van der Waals surface area contributed by atoms with Crippen LogP contribution in [0.5, 0.6) is 5.75 Å². The maximum Gasteiger partial charge on any atom is 0.234 e. The molecule has 1 aromatic rings. The summed E-state index contributed by atoms with van der Waals surface area (Å²) in [5.74, 6) is 0.248. The van der Waals surface area contributed by atoms with Crippen LogP contribution in [0.1, 0.15) is 5.56 Å². The number of benzene rings is 1. The van der Waals surface area contributed by atoms with E-state index in [0.29, 0.717) is 13.0 Å². The van der Waals surface area contributed by atoms with Crippen LogP contribution in [0.15, 0.2) is 29.3 Å². The fourth-order valence-corrected chi connectivity index (χ4v) is 0.893. The third kappa shape index (κ3) is 4.06. The Morgan fingerprint density at radius 3 is 2.46 bits per heavy atom. The highest BCUT2D eigenvalue weighted by atomic mass is 16.3. The Morgan fingerprint density at radius 2 is 1.92 bits per heavy atom. The number of carbonyl (C=O) groups excluding carboxylic acids is 1. The Morgan fingerprint density at radius 1 is 1.31 bits per heavy atom. The minimum atomic E-state index is 0. The molecule has 13 heavy (non-hydrogen) atoms. The van der Waals surface area contributed by atoms with E-state index in [1.165, 1.54) is 6.08 Å². The molecule has 3 N–H and O–H groups in total. The molecule has 0 bridgehead atoms. The highest BCUT2D eigenvalue weighted by Crippen LogP contribution is 2.09. The fraction of sp³-hybridized carbons (Fsp3) is 0.222. The largest absolute Gasteiger partial charge is 0.508 e. The van der Waals surface area contributed by atoms with Crippen LogP contribution in [0.25, 0.3) is 0 Å². The molecule has 0 saturated carbocycles. The van der Waals surface area contributed by atoms with E-state index in [9.17, 15) is 4.79 Å². The fourth-order valence-electron chi connectivity index (χ4n) is 0.893. The van der Waals surface area contributed by atoms with Crippen LogP contribution in [0.3, 0.4) is 0 Å². The second-order valence-corrected chi connectivity index (χ2v) is 2.39. The highest BCUT2D eigenvalue weighted by Gasteiger charge is 1.91. The molecule has 0 spiro atoms. The van der Waals surface area contributed by atoms with E-state index < -0.39 is 0 Å². The van der Waals surface area contributed by atoms with E-state index in [-0.39, 0.29) is 11.2 Å². The number of hydrogen-bond donors (Lipinski definition) is 1. The Bertz CT molecular complexity index is 288. The summed E-state index contributed by atoms with van der Waals surface area (Å²) in [6.45, 7) is 0.453. The van der Waals surface area contributed by atoms with Crippen molar-refractivity contribution in [1.82, 2.24) is 0 Å². The van der Waals surface area contributed by atoms with Crippen LogP contribution in [-0.2, 0) is 11.2 Å². The first-order chi connectivity index (χ1) is 5.83. The summed E-state index contributed by atoms with van der Waals surface area (Å²) in [5.41, 5.74) is 1.05. The number of phenolic OH excluding ortho intramolecular Hbond substituents is 1. The van der Waals surface area contributed by atoms with Crippen LogP contribution in [0, 0.1) is 0 Å². The minimum absolute atomic E-state index is 0. The Balaban J connectivity index is 0.00000144.